The van der Waals surface area contributed by atoms with Crippen LogP contribution in [-0.2, 0) is 6.54 Å². The molecule has 0 amide bonds. The Bertz CT molecular complexity index is 408. The van der Waals surface area contributed by atoms with Crippen molar-refractivity contribution in [2.45, 2.75) is 6.54 Å². The van der Waals surface area contributed by atoms with Crippen LogP contribution in [0.4, 0.5) is 0 Å². The van der Waals surface area contributed by atoms with Crippen molar-refractivity contribution in [3.05, 3.63) is 34.8 Å². The molecule has 0 aliphatic carbocycles. The highest BCUT2D eigenvalue weighted by atomic mass is 79.9. The van der Waals surface area contributed by atoms with E-state index in [-0.39, 0.29) is 0 Å². The van der Waals surface area contributed by atoms with Crippen LogP contribution in [0, 0.1) is 0 Å². The summed E-state index contributed by atoms with van der Waals surface area (Å²) < 4.78 is 2.76. The Hall–Kier alpha value is -0.870. The molecule has 2 aromatic heterocycles. The lowest BCUT2D eigenvalue weighted by molar-refractivity contribution is 1.01. The van der Waals surface area contributed by atoms with E-state index in [9.17, 15) is 0 Å². The van der Waals surface area contributed by atoms with Gasteiger partial charge in [-0.15, -0.1) is 0 Å². The fourth-order valence-electron chi connectivity index (χ4n) is 1.21. The summed E-state index contributed by atoms with van der Waals surface area (Å²) in [6, 6.07) is 5.93. The molecule has 2 rings (SSSR count). The first-order valence-corrected chi connectivity index (χ1v) is 4.44. The van der Waals surface area contributed by atoms with E-state index in [0.717, 1.165) is 15.9 Å². The summed E-state index contributed by atoms with van der Waals surface area (Å²) in [5, 5.41) is 0. The van der Waals surface area contributed by atoms with Gasteiger partial charge in [0.2, 0.25) is 0 Å². The van der Waals surface area contributed by atoms with Crippen molar-refractivity contribution in [2.75, 3.05) is 0 Å². The summed E-state index contributed by atoms with van der Waals surface area (Å²) in [5.41, 5.74) is 7.51. The molecule has 2 aromatic rings. The summed E-state index contributed by atoms with van der Waals surface area (Å²) in [5.74, 6) is 0. The summed E-state index contributed by atoms with van der Waals surface area (Å²) in [7, 11) is 0. The third-order valence-corrected chi connectivity index (χ3v) is 2.33. The number of imidazole rings is 1. The molecule has 0 fully saturated rings. The number of fused-ring (bicyclic) bond motifs is 1. The van der Waals surface area contributed by atoms with Crippen molar-refractivity contribution in [2.24, 2.45) is 5.73 Å². The summed E-state index contributed by atoms with van der Waals surface area (Å²) in [6.07, 6.45) is 1.95. The van der Waals surface area contributed by atoms with Crippen molar-refractivity contribution in [1.29, 1.82) is 0 Å². The first-order chi connectivity index (χ1) is 5.83. The topological polar surface area (TPSA) is 43.3 Å². The van der Waals surface area contributed by atoms with Gasteiger partial charge in [0.05, 0.1) is 11.2 Å². The van der Waals surface area contributed by atoms with Gasteiger partial charge in [0.1, 0.15) is 0 Å². The molecular weight excluding hydrogens is 218 g/mol. The number of nitrogens with zero attached hydrogens (tertiary/aromatic N) is 2. The van der Waals surface area contributed by atoms with E-state index in [1.54, 1.807) is 0 Å². The zero-order valence-electron chi connectivity index (χ0n) is 6.37. The predicted octanol–water partition coefficient (Wildman–Crippen LogP) is 1.56. The maximum Gasteiger partial charge on any atom is 0.182 e. The molecule has 0 atom stereocenters. The number of pyridine rings is 1. The molecule has 0 aliphatic heterocycles. The lowest BCUT2D eigenvalue weighted by Gasteiger charge is -1.93. The van der Waals surface area contributed by atoms with Gasteiger partial charge in [0.25, 0.3) is 0 Å². The quantitative estimate of drug-likeness (QED) is 0.801. The zero-order chi connectivity index (χ0) is 8.55. The minimum absolute atomic E-state index is 0.471. The molecule has 0 aromatic carbocycles. The minimum Gasteiger partial charge on any atom is -0.325 e. The van der Waals surface area contributed by atoms with Crippen molar-refractivity contribution in [3.63, 3.8) is 0 Å². The molecule has 0 spiro atoms. The largest absolute Gasteiger partial charge is 0.325 e. The van der Waals surface area contributed by atoms with Crippen molar-refractivity contribution in [1.82, 2.24) is 9.38 Å². The lowest BCUT2D eigenvalue weighted by Crippen LogP contribution is -1.96. The zero-order valence-corrected chi connectivity index (χ0v) is 7.95. The maximum atomic E-state index is 5.53. The van der Waals surface area contributed by atoms with Gasteiger partial charge < -0.3 is 5.73 Å². The van der Waals surface area contributed by atoms with Crippen molar-refractivity contribution in [3.8, 4) is 0 Å². The van der Waals surface area contributed by atoms with Gasteiger partial charge in [0, 0.05) is 12.7 Å². The van der Waals surface area contributed by atoms with E-state index >= 15 is 0 Å². The number of aromatic nitrogens is 2. The van der Waals surface area contributed by atoms with Crippen LogP contribution in [-0.4, -0.2) is 9.38 Å². The first-order valence-electron chi connectivity index (χ1n) is 3.64. The van der Waals surface area contributed by atoms with Crippen molar-refractivity contribution >= 4 is 21.4 Å². The van der Waals surface area contributed by atoms with Crippen LogP contribution in [0.5, 0.6) is 0 Å². The second kappa shape index (κ2) is 2.88. The van der Waals surface area contributed by atoms with E-state index in [1.165, 1.54) is 0 Å². The molecule has 0 unspecified atom stereocenters. The predicted molar refractivity (Wildman–Crippen MR) is 50.8 cm³/mol. The average molecular weight is 226 g/mol. The number of hydrogen-bond donors (Lipinski definition) is 1. The van der Waals surface area contributed by atoms with Crippen LogP contribution >= 0.6 is 15.9 Å². The number of nitrogens with two attached hydrogens (primary N) is 1. The maximum absolute atomic E-state index is 5.53. The Morgan fingerprint density at radius 3 is 3.08 bits per heavy atom. The highest BCUT2D eigenvalue weighted by Gasteiger charge is 2.05. The lowest BCUT2D eigenvalue weighted by atomic mass is 10.3. The monoisotopic (exact) mass is 225 g/mol. The van der Waals surface area contributed by atoms with Gasteiger partial charge in [-0.2, -0.15) is 0 Å². The SMILES string of the molecule is NCc1nc(Br)n2ccccc12. The highest BCUT2D eigenvalue weighted by Crippen LogP contribution is 2.16. The van der Waals surface area contributed by atoms with E-state index in [1.807, 2.05) is 28.8 Å². The van der Waals surface area contributed by atoms with Gasteiger partial charge >= 0.3 is 0 Å². The molecule has 12 heavy (non-hydrogen) atoms. The Morgan fingerprint density at radius 1 is 1.50 bits per heavy atom. The van der Waals surface area contributed by atoms with E-state index < -0.39 is 0 Å². The van der Waals surface area contributed by atoms with E-state index in [0.29, 0.717) is 6.54 Å². The van der Waals surface area contributed by atoms with Crippen LogP contribution < -0.4 is 5.73 Å². The number of hydrogen-bond acceptors (Lipinski definition) is 2. The average Bonchev–Trinajstić information content (AvgIpc) is 2.44. The molecule has 0 aliphatic rings. The molecule has 62 valence electrons. The smallest absolute Gasteiger partial charge is 0.182 e. The highest BCUT2D eigenvalue weighted by molar-refractivity contribution is 9.10. The van der Waals surface area contributed by atoms with Crippen LogP contribution in [0.3, 0.4) is 0 Å². The summed E-state index contributed by atoms with van der Waals surface area (Å²) in [6.45, 7) is 0.471. The summed E-state index contributed by atoms with van der Waals surface area (Å²) in [4.78, 5) is 4.26. The molecule has 2 heterocycles. The second-order valence-electron chi connectivity index (χ2n) is 2.49. The van der Waals surface area contributed by atoms with Gasteiger partial charge in [-0.25, -0.2) is 4.98 Å². The van der Waals surface area contributed by atoms with Crippen LogP contribution in [0.1, 0.15) is 5.69 Å². The molecule has 0 saturated heterocycles. The third kappa shape index (κ3) is 1.04. The standard InChI is InChI=1S/C8H8BrN3/c9-8-11-6(5-10)7-3-1-2-4-12(7)8/h1-4H,5,10H2. The van der Waals surface area contributed by atoms with Gasteiger partial charge in [0.15, 0.2) is 4.73 Å². The van der Waals surface area contributed by atoms with Gasteiger partial charge in [-0.05, 0) is 28.1 Å². The van der Waals surface area contributed by atoms with E-state index in [2.05, 4.69) is 20.9 Å². The third-order valence-electron chi connectivity index (χ3n) is 1.77. The summed E-state index contributed by atoms with van der Waals surface area (Å²) >= 11 is 3.35. The Balaban J connectivity index is 2.82. The molecule has 2 N–H and O–H groups in total. The fourth-order valence-corrected chi connectivity index (χ4v) is 1.74. The molecule has 0 bridgehead atoms. The fraction of sp³-hybridized carbons (Fsp3) is 0.125. The number of halogens is 1. The van der Waals surface area contributed by atoms with Gasteiger partial charge in [-0.3, -0.25) is 4.40 Å². The van der Waals surface area contributed by atoms with Crippen LogP contribution in [0.25, 0.3) is 5.52 Å². The Labute approximate surface area is 78.3 Å². The Kier molecular flexibility index (Phi) is 1.86. The van der Waals surface area contributed by atoms with Crippen molar-refractivity contribution < 1.29 is 0 Å². The second-order valence-corrected chi connectivity index (χ2v) is 3.20. The number of rotatable bonds is 1. The van der Waals surface area contributed by atoms with Crippen LogP contribution in [0.2, 0.25) is 0 Å². The first kappa shape index (κ1) is 7.76. The minimum atomic E-state index is 0.471. The molecule has 4 heteroatoms. The molecule has 0 saturated carbocycles. The molecular formula is C8H8BrN3. The molecule has 3 nitrogen and oxygen atoms in total. The van der Waals surface area contributed by atoms with Gasteiger partial charge in [-0.1, -0.05) is 6.07 Å². The van der Waals surface area contributed by atoms with E-state index in [4.69, 9.17) is 5.73 Å². The molecule has 0 radical (unpaired) electrons. The normalized spacial score (nSPS) is 10.8. The Morgan fingerprint density at radius 2 is 2.33 bits per heavy atom. The van der Waals surface area contributed by atoms with Crippen LogP contribution in [0.15, 0.2) is 29.1 Å².